The van der Waals surface area contributed by atoms with Crippen LogP contribution >= 0.6 is 0 Å². The Labute approximate surface area is 210 Å². The van der Waals surface area contributed by atoms with Crippen LogP contribution in [-0.4, -0.2) is 53.3 Å². The van der Waals surface area contributed by atoms with Crippen molar-refractivity contribution in [3.8, 4) is 16.9 Å². The minimum absolute atomic E-state index is 0.0850. The third-order valence-electron chi connectivity index (χ3n) is 8.63. The minimum atomic E-state index is -0.768. The lowest BCUT2D eigenvalue weighted by atomic mass is 9.68. The van der Waals surface area contributed by atoms with Crippen LogP contribution in [0.2, 0.25) is 0 Å². The molecule has 0 saturated carbocycles. The lowest BCUT2D eigenvalue weighted by Crippen LogP contribution is -2.61. The first-order chi connectivity index (χ1) is 16.9. The van der Waals surface area contributed by atoms with Gasteiger partial charge < -0.3 is 14.7 Å². The van der Waals surface area contributed by atoms with Crippen LogP contribution < -0.4 is 4.74 Å². The second-order valence-corrected chi connectivity index (χ2v) is 11.4. The van der Waals surface area contributed by atoms with Crippen molar-refractivity contribution in [3.63, 3.8) is 0 Å². The highest BCUT2D eigenvalue weighted by Crippen LogP contribution is 2.50. The molecule has 1 amide bonds. The zero-order chi connectivity index (χ0) is 24.6. The van der Waals surface area contributed by atoms with Crippen LogP contribution in [0.3, 0.4) is 0 Å². The average Bonchev–Trinajstić information content (AvgIpc) is 2.86. The Hall–Kier alpha value is -2.53. The summed E-state index contributed by atoms with van der Waals surface area (Å²) in [6.07, 6.45) is 5.60. The van der Waals surface area contributed by atoms with Gasteiger partial charge in [0.25, 0.3) is 0 Å². The van der Waals surface area contributed by atoms with Crippen LogP contribution in [-0.2, 0) is 6.42 Å². The van der Waals surface area contributed by atoms with E-state index in [0.29, 0.717) is 5.92 Å². The standard InChI is InChI=1S/C30H40N2O3/c1-4-5-17-35-25-8-6-7-22(19-25)23-9-10-26-24(18-23)11-14-30(2,3)28(26)32(29(33)34)27-20-31-15-12-21(27)13-16-31/h6-10,18-19,21,27-28H,4-5,11-17,20H2,1-3H3,(H,33,34)/t27-,28+/m1/s1. The van der Waals surface area contributed by atoms with Gasteiger partial charge in [0.15, 0.2) is 0 Å². The average molecular weight is 477 g/mol. The fourth-order valence-corrected chi connectivity index (χ4v) is 6.60. The molecule has 6 rings (SSSR count). The summed E-state index contributed by atoms with van der Waals surface area (Å²) in [5.41, 5.74) is 4.70. The van der Waals surface area contributed by atoms with Gasteiger partial charge in [-0.05, 0) is 90.9 Å². The first-order valence-electron chi connectivity index (χ1n) is 13.5. The maximum absolute atomic E-state index is 12.8. The van der Waals surface area contributed by atoms with E-state index in [-0.39, 0.29) is 17.5 Å². The topological polar surface area (TPSA) is 53.0 Å². The van der Waals surface area contributed by atoms with Gasteiger partial charge in [0.2, 0.25) is 0 Å². The van der Waals surface area contributed by atoms with Crippen molar-refractivity contribution in [1.82, 2.24) is 9.80 Å². The second kappa shape index (κ2) is 9.85. The number of hydrogen-bond donors (Lipinski definition) is 1. The molecule has 0 spiro atoms. The maximum atomic E-state index is 12.8. The predicted octanol–water partition coefficient (Wildman–Crippen LogP) is 6.62. The number of carboxylic acid groups (broad SMARTS) is 1. The number of piperidine rings is 3. The van der Waals surface area contributed by atoms with Crippen LogP contribution in [0.5, 0.6) is 5.75 Å². The van der Waals surface area contributed by atoms with E-state index >= 15 is 0 Å². The SMILES string of the molecule is CCCCOc1cccc(-c2ccc3c(c2)CCC(C)(C)[C@H]3N(C(=O)O)[C@@H]2CN3CCC2CC3)c1. The molecule has 2 aromatic rings. The van der Waals surface area contributed by atoms with E-state index in [1.54, 1.807) is 0 Å². The van der Waals surface area contributed by atoms with E-state index in [9.17, 15) is 9.90 Å². The van der Waals surface area contributed by atoms with Crippen molar-refractivity contribution in [2.45, 2.75) is 71.4 Å². The molecule has 3 aliphatic heterocycles. The summed E-state index contributed by atoms with van der Waals surface area (Å²) in [6.45, 7) is 10.5. The number of aryl methyl sites for hydroxylation is 1. The van der Waals surface area contributed by atoms with E-state index in [4.69, 9.17) is 4.74 Å². The number of amides is 1. The summed E-state index contributed by atoms with van der Waals surface area (Å²) >= 11 is 0. The number of unbranched alkanes of at least 4 members (excludes halogenated alkanes) is 1. The molecule has 3 saturated heterocycles. The van der Waals surface area contributed by atoms with Crippen LogP contribution in [0.25, 0.3) is 11.1 Å². The molecule has 3 fully saturated rings. The molecule has 35 heavy (non-hydrogen) atoms. The maximum Gasteiger partial charge on any atom is 0.408 e. The zero-order valence-corrected chi connectivity index (χ0v) is 21.5. The quantitative estimate of drug-likeness (QED) is 0.456. The van der Waals surface area contributed by atoms with Crippen molar-refractivity contribution in [2.75, 3.05) is 26.2 Å². The van der Waals surface area contributed by atoms with Gasteiger partial charge in [0.05, 0.1) is 18.7 Å². The first kappa shape index (κ1) is 24.2. The van der Waals surface area contributed by atoms with Gasteiger partial charge >= 0.3 is 6.09 Å². The van der Waals surface area contributed by atoms with Gasteiger partial charge in [-0.15, -0.1) is 0 Å². The summed E-state index contributed by atoms with van der Waals surface area (Å²) in [5.74, 6) is 1.39. The number of benzene rings is 2. The van der Waals surface area contributed by atoms with Gasteiger partial charge in [-0.3, -0.25) is 4.90 Å². The number of fused-ring (bicyclic) bond motifs is 4. The Balaban J connectivity index is 1.47. The Morgan fingerprint density at radius 2 is 1.91 bits per heavy atom. The molecule has 0 aromatic heterocycles. The largest absolute Gasteiger partial charge is 0.494 e. The van der Waals surface area contributed by atoms with Crippen LogP contribution in [0.15, 0.2) is 42.5 Å². The van der Waals surface area contributed by atoms with E-state index < -0.39 is 6.09 Å². The van der Waals surface area contributed by atoms with Crippen molar-refractivity contribution in [2.24, 2.45) is 11.3 Å². The van der Waals surface area contributed by atoms with Gasteiger partial charge in [-0.2, -0.15) is 0 Å². The van der Waals surface area contributed by atoms with E-state index in [1.807, 2.05) is 11.0 Å². The van der Waals surface area contributed by atoms with E-state index in [1.165, 1.54) is 16.7 Å². The third kappa shape index (κ3) is 4.80. The molecule has 1 N–H and O–H groups in total. The monoisotopic (exact) mass is 476 g/mol. The highest BCUT2D eigenvalue weighted by molar-refractivity contribution is 5.69. The molecule has 5 heteroatoms. The second-order valence-electron chi connectivity index (χ2n) is 11.4. The van der Waals surface area contributed by atoms with Crippen LogP contribution in [0.4, 0.5) is 4.79 Å². The summed E-state index contributed by atoms with van der Waals surface area (Å²) in [5, 5.41) is 10.5. The van der Waals surface area contributed by atoms with Crippen LogP contribution in [0, 0.1) is 11.3 Å². The van der Waals surface area contributed by atoms with Crippen LogP contribution in [0.1, 0.15) is 70.0 Å². The highest BCUT2D eigenvalue weighted by atomic mass is 16.5. The number of hydrogen-bond acceptors (Lipinski definition) is 3. The van der Waals surface area contributed by atoms with Gasteiger partial charge in [-0.25, -0.2) is 4.79 Å². The molecule has 0 unspecified atom stereocenters. The molecule has 5 nitrogen and oxygen atoms in total. The molecule has 2 atom stereocenters. The lowest BCUT2D eigenvalue weighted by Gasteiger charge is -2.54. The number of rotatable bonds is 7. The summed E-state index contributed by atoms with van der Waals surface area (Å²) in [7, 11) is 0. The summed E-state index contributed by atoms with van der Waals surface area (Å²) in [4.78, 5) is 17.1. The molecule has 1 aliphatic carbocycles. The van der Waals surface area contributed by atoms with E-state index in [0.717, 1.165) is 76.1 Å². The molecular formula is C30H40N2O3. The zero-order valence-electron chi connectivity index (χ0n) is 21.5. The minimum Gasteiger partial charge on any atom is -0.494 e. The fraction of sp³-hybridized carbons (Fsp3) is 0.567. The van der Waals surface area contributed by atoms with Crippen molar-refractivity contribution in [3.05, 3.63) is 53.6 Å². The number of ether oxygens (including phenoxy) is 1. The smallest absolute Gasteiger partial charge is 0.408 e. The fourth-order valence-electron chi connectivity index (χ4n) is 6.60. The Kier molecular flexibility index (Phi) is 6.80. The molecule has 3 heterocycles. The first-order valence-corrected chi connectivity index (χ1v) is 13.5. The Bertz CT molecular complexity index is 1060. The molecule has 188 valence electrons. The molecule has 2 aromatic carbocycles. The van der Waals surface area contributed by atoms with Crippen molar-refractivity contribution < 1.29 is 14.6 Å². The van der Waals surface area contributed by atoms with E-state index in [2.05, 4.69) is 62.1 Å². The van der Waals surface area contributed by atoms with Gasteiger partial charge in [0, 0.05) is 6.54 Å². The molecule has 0 radical (unpaired) electrons. The summed E-state index contributed by atoms with van der Waals surface area (Å²) < 4.78 is 5.94. The molecular weight excluding hydrogens is 436 g/mol. The number of carbonyl (C=O) groups is 1. The summed E-state index contributed by atoms with van der Waals surface area (Å²) in [6, 6.07) is 15.0. The highest BCUT2D eigenvalue weighted by Gasteiger charge is 2.48. The van der Waals surface area contributed by atoms with Gasteiger partial charge in [-0.1, -0.05) is 57.5 Å². The Morgan fingerprint density at radius 3 is 2.60 bits per heavy atom. The predicted molar refractivity (Wildman–Crippen MR) is 140 cm³/mol. The van der Waals surface area contributed by atoms with Crippen molar-refractivity contribution >= 4 is 6.09 Å². The van der Waals surface area contributed by atoms with Crippen molar-refractivity contribution in [1.29, 1.82) is 0 Å². The number of nitrogens with zero attached hydrogens (tertiary/aromatic N) is 2. The Morgan fingerprint density at radius 1 is 1.14 bits per heavy atom. The molecule has 4 aliphatic rings. The lowest BCUT2D eigenvalue weighted by molar-refractivity contribution is -0.0352. The molecule has 2 bridgehead atoms. The third-order valence-corrected chi connectivity index (χ3v) is 8.63. The van der Waals surface area contributed by atoms with Gasteiger partial charge in [0.1, 0.15) is 5.75 Å². The normalized spacial score (nSPS) is 26.7.